The first-order valence-corrected chi connectivity index (χ1v) is 6.72. The molecule has 0 aliphatic rings. The van der Waals surface area contributed by atoms with Gasteiger partial charge in [0, 0.05) is 6.20 Å². The van der Waals surface area contributed by atoms with Crippen LogP contribution in [0.15, 0.2) is 39.5 Å². The zero-order valence-corrected chi connectivity index (χ0v) is 12.1. The van der Waals surface area contributed by atoms with Gasteiger partial charge < -0.3 is 9.73 Å². The molecule has 1 N–H and O–H groups in total. The lowest BCUT2D eigenvalue weighted by atomic mass is 10.1. The molecule has 2 heterocycles. The number of aromatic nitrogens is 1. The summed E-state index contributed by atoms with van der Waals surface area (Å²) in [5.74, 6) is 0.583. The molecule has 0 bridgehead atoms. The number of rotatable bonds is 4. The van der Waals surface area contributed by atoms with E-state index in [0.29, 0.717) is 18.0 Å². The highest BCUT2D eigenvalue weighted by Gasteiger charge is 2.31. The maximum Gasteiger partial charge on any atom is 0.417 e. The summed E-state index contributed by atoms with van der Waals surface area (Å²) in [6, 6.07) is 3.70. The van der Waals surface area contributed by atoms with Crippen LogP contribution < -0.4 is 5.32 Å². The van der Waals surface area contributed by atoms with E-state index >= 15 is 0 Å². The van der Waals surface area contributed by atoms with E-state index in [-0.39, 0.29) is 0 Å². The highest BCUT2D eigenvalue weighted by Crippen LogP contribution is 2.31. The van der Waals surface area contributed by atoms with E-state index in [4.69, 9.17) is 4.42 Å². The highest BCUT2D eigenvalue weighted by molar-refractivity contribution is 9.10. The van der Waals surface area contributed by atoms with Gasteiger partial charge in [0.15, 0.2) is 0 Å². The third kappa shape index (κ3) is 3.21. The zero-order valence-electron chi connectivity index (χ0n) is 10.5. The van der Waals surface area contributed by atoms with Gasteiger partial charge in [-0.2, -0.15) is 13.2 Å². The van der Waals surface area contributed by atoms with Crippen LogP contribution in [-0.2, 0) is 6.18 Å². The molecule has 1 unspecified atom stereocenters. The minimum Gasteiger partial charge on any atom is -0.466 e. The predicted molar refractivity (Wildman–Crippen MR) is 71.2 cm³/mol. The smallest absolute Gasteiger partial charge is 0.417 e. The SMILES string of the molecule is CCNC(c1ccc(C(F)(F)F)cn1)c1occc1Br. The van der Waals surface area contributed by atoms with Crippen LogP contribution in [0.3, 0.4) is 0 Å². The number of alkyl halides is 3. The lowest BCUT2D eigenvalue weighted by molar-refractivity contribution is -0.137. The average Bonchev–Trinajstić information content (AvgIpc) is 2.81. The van der Waals surface area contributed by atoms with E-state index < -0.39 is 17.8 Å². The molecular formula is C13H12BrF3N2O. The number of furan rings is 1. The first-order chi connectivity index (χ1) is 9.43. The van der Waals surface area contributed by atoms with E-state index in [2.05, 4.69) is 26.2 Å². The van der Waals surface area contributed by atoms with Gasteiger partial charge in [-0.3, -0.25) is 4.98 Å². The van der Waals surface area contributed by atoms with Gasteiger partial charge in [-0.05, 0) is 40.7 Å². The van der Waals surface area contributed by atoms with Crippen LogP contribution >= 0.6 is 15.9 Å². The highest BCUT2D eigenvalue weighted by atomic mass is 79.9. The molecule has 0 radical (unpaired) electrons. The number of halogens is 4. The largest absolute Gasteiger partial charge is 0.466 e. The van der Waals surface area contributed by atoms with E-state index in [1.54, 1.807) is 6.07 Å². The zero-order chi connectivity index (χ0) is 14.8. The molecule has 0 saturated carbocycles. The van der Waals surface area contributed by atoms with Crippen molar-refractivity contribution < 1.29 is 17.6 Å². The fraction of sp³-hybridized carbons (Fsp3) is 0.308. The summed E-state index contributed by atoms with van der Waals surface area (Å²) in [5, 5.41) is 3.13. The molecule has 2 rings (SSSR count). The maximum absolute atomic E-state index is 12.5. The van der Waals surface area contributed by atoms with Crippen LogP contribution in [0.1, 0.15) is 30.0 Å². The molecule has 0 spiro atoms. The van der Waals surface area contributed by atoms with Crippen molar-refractivity contribution >= 4 is 15.9 Å². The van der Waals surface area contributed by atoms with E-state index in [0.717, 1.165) is 16.7 Å². The van der Waals surface area contributed by atoms with Crippen LogP contribution in [0.5, 0.6) is 0 Å². The third-order valence-corrected chi connectivity index (χ3v) is 3.38. The summed E-state index contributed by atoms with van der Waals surface area (Å²) >= 11 is 3.34. The molecule has 3 nitrogen and oxygen atoms in total. The van der Waals surface area contributed by atoms with Gasteiger partial charge in [-0.1, -0.05) is 6.92 Å². The maximum atomic E-state index is 12.5. The summed E-state index contributed by atoms with van der Waals surface area (Å²) in [5.41, 5.74) is -0.300. The van der Waals surface area contributed by atoms with Crippen molar-refractivity contribution in [2.75, 3.05) is 6.54 Å². The van der Waals surface area contributed by atoms with Gasteiger partial charge in [-0.25, -0.2) is 0 Å². The van der Waals surface area contributed by atoms with Crippen molar-refractivity contribution in [2.45, 2.75) is 19.1 Å². The molecule has 108 valence electrons. The second-order valence-electron chi connectivity index (χ2n) is 4.09. The van der Waals surface area contributed by atoms with Crippen LogP contribution in [0.4, 0.5) is 13.2 Å². The summed E-state index contributed by atoms with van der Waals surface area (Å²) in [7, 11) is 0. The normalized spacial score (nSPS) is 13.4. The van der Waals surface area contributed by atoms with Crippen molar-refractivity contribution in [2.24, 2.45) is 0 Å². The van der Waals surface area contributed by atoms with Crippen molar-refractivity contribution in [1.29, 1.82) is 0 Å². The topological polar surface area (TPSA) is 38.1 Å². The van der Waals surface area contributed by atoms with Gasteiger partial charge >= 0.3 is 6.18 Å². The summed E-state index contributed by atoms with van der Waals surface area (Å²) < 4.78 is 43.7. The van der Waals surface area contributed by atoms with Gasteiger partial charge in [0.25, 0.3) is 0 Å². The molecule has 1 atom stereocenters. The van der Waals surface area contributed by atoms with Gasteiger partial charge in [0.1, 0.15) is 11.8 Å². The molecule has 2 aromatic heterocycles. The number of hydrogen-bond acceptors (Lipinski definition) is 3. The number of nitrogens with one attached hydrogen (secondary N) is 1. The molecule has 20 heavy (non-hydrogen) atoms. The monoisotopic (exact) mass is 348 g/mol. The van der Waals surface area contributed by atoms with Gasteiger partial charge in [0.05, 0.1) is 22.0 Å². The molecular weight excluding hydrogens is 337 g/mol. The van der Waals surface area contributed by atoms with Crippen LogP contribution in [0, 0.1) is 0 Å². The minimum absolute atomic E-state index is 0.397. The Kier molecular flexibility index (Phi) is 4.49. The van der Waals surface area contributed by atoms with E-state index in [1.807, 2.05) is 6.92 Å². The summed E-state index contributed by atoms with van der Waals surface area (Å²) in [4.78, 5) is 3.90. The third-order valence-electron chi connectivity index (χ3n) is 2.72. The van der Waals surface area contributed by atoms with Crippen molar-refractivity contribution in [3.63, 3.8) is 0 Å². The fourth-order valence-electron chi connectivity index (χ4n) is 1.79. The Morgan fingerprint density at radius 2 is 2.10 bits per heavy atom. The van der Waals surface area contributed by atoms with E-state index in [1.165, 1.54) is 12.3 Å². The van der Waals surface area contributed by atoms with Crippen LogP contribution in [0.25, 0.3) is 0 Å². The quantitative estimate of drug-likeness (QED) is 0.901. The summed E-state index contributed by atoms with van der Waals surface area (Å²) in [6.07, 6.45) is -2.05. The molecule has 0 aromatic carbocycles. The Labute approximate surface area is 122 Å². The number of pyridine rings is 1. The fourth-order valence-corrected chi connectivity index (χ4v) is 2.22. The number of nitrogens with zero attached hydrogens (tertiary/aromatic N) is 1. The average molecular weight is 349 g/mol. The molecule has 7 heteroatoms. The van der Waals surface area contributed by atoms with Gasteiger partial charge in [0.2, 0.25) is 0 Å². The lowest BCUT2D eigenvalue weighted by Crippen LogP contribution is -2.23. The minimum atomic E-state index is -4.38. The second-order valence-corrected chi connectivity index (χ2v) is 4.95. The number of hydrogen-bond donors (Lipinski definition) is 1. The molecule has 0 fully saturated rings. The van der Waals surface area contributed by atoms with Crippen LogP contribution in [-0.4, -0.2) is 11.5 Å². The van der Waals surface area contributed by atoms with Crippen molar-refractivity contribution in [1.82, 2.24) is 10.3 Å². The van der Waals surface area contributed by atoms with Crippen molar-refractivity contribution in [3.05, 3.63) is 52.1 Å². The van der Waals surface area contributed by atoms with Gasteiger partial charge in [-0.15, -0.1) is 0 Å². The Morgan fingerprint density at radius 3 is 2.55 bits per heavy atom. The van der Waals surface area contributed by atoms with Crippen molar-refractivity contribution in [3.8, 4) is 0 Å². The first kappa shape index (κ1) is 15.1. The Balaban J connectivity index is 2.33. The first-order valence-electron chi connectivity index (χ1n) is 5.93. The Hall–Kier alpha value is -1.34. The summed E-state index contributed by atoms with van der Waals surface area (Å²) in [6.45, 7) is 2.52. The molecule has 0 aliphatic heterocycles. The van der Waals surface area contributed by atoms with E-state index in [9.17, 15) is 13.2 Å². The standard InChI is InChI=1S/C13H12BrF3N2O/c1-2-18-11(12-9(14)5-6-20-12)10-4-3-8(7-19-10)13(15,16)17/h3-7,11,18H,2H2,1H3. The predicted octanol–water partition coefficient (Wildman–Crippen LogP) is 4.15. The Morgan fingerprint density at radius 1 is 1.35 bits per heavy atom. The molecule has 0 amide bonds. The lowest BCUT2D eigenvalue weighted by Gasteiger charge is -2.16. The molecule has 0 aliphatic carbocycles. The second kappa shape index (κ2) is 5.97. The van der Waals surface area contributed by atoms with Crippen LogP contribution in [0.2, 0.25) is 0 Å². The molecule has 2 aromatic rings. The Bertz CT molecular complexity index is 566. The molecule has 0 saturated heterocycles.